The van der Waals surface area contributed by atoms with E-state index in [0.717, 1.165) is 18.4 Å². The van der Waals surface area contributed by atoms with Crippen LogP contribution >= 0.6 is 0 Å². The maximum absolute atomic E-state index is 5.56. The number of aryl methyl sites for hydroxylation is 1. The molecule has 0 saturated heterocycles. The molecule has 1 aromatic carbocycles. The number of benzene rings is 1. The van der Waals surface area contributed by atoms with Gasteiger partial charge in [0.15, 0.2) is 11.5 Å². The minimum absolute atomic E-state index is 0.111. The molecular formula is C14H16O3. The zero-order valence-corrected chi connectivity index (χ0v) is 10.4. The Bertz CT molecular complexity index is 471. The molecule has 0 N–H and O–H groups in total. The molecule has 3 heteroatoms. The lowest BCUT2D eigenvalue weighted by molar-refractivity contribution is 0.322. The molecular weight excluding hydrogens is 216 g/mol. The van der Waals surface area contributed by atoms with Gasteiger partial charge in [-0.3, -0.25) is 0 Å². The SMILES string of the molecule is C#CC1CCc2cc(OC)c(OC)c(OC)c21. The van der Waals surface area contributed by atoms with E-state index in [9.17, 15) is 0 Å². The summed E-state index contributed by atoms with van der Waals surface area (Å²) in [6.07, 6.45) is 7.47. The summed E-state index contributed by atoms with van der Waals surface area (Å²) >= 11 is 0. The van der Waals surface area contributed by atoms with Gasteiger partial charge in [-0.1, -0.05) is 5.92 Å². The van der Waals surface area contributed by atoms with Crippen LogP contribution in [0.5, 0.6) is 17.2 Å². The Morgan fingerprint density at radius 3 is 2.41 bits per heavy atom. The van der Waals surface area contributed by atoms with E-state index in [1.165, 1.54) is 5.56 Å². The number of hydrogen-bond acceptors (Lipinski definition) is 3. The second-order valence-corrected chi connectivity index (χ2v) is 3.98. The van der Waals surface area contributed by atoms with Crippen molar-refractivity contribution in [1.29, 1.82) is 0 Å². The van der Waals surface area contributed by atoms with Crippen LogP contribution in [0.25, 0.3) is 0 Å². The van der Waals surface area contributed by atoms with Gasteiger partial charge in [-0.2, -0.15) is 0 Å². The highest BCUT2D eigenvalue weighted by molar-refractivity contribution is 5.62. The smallest absolute Gasteiger partial charge is 0.203 e. The fraction of sp³-hybridized carbons (Fsp3) is 0.429. The summed E-state index contributed by atoms with van der Waals surface area (Å²) in [5.74, 6) is 4.94. The second kappa shape index (κ2) is 4.58. The van der Waals surface area contributed by atoms with Gasteiger partial charge in [0, 0.05) is 11.5 Å². The Morgan fingerprint density at radius 2 is 1.88 bits per heavy atom. The third-order valence-electron chi connectivity index (χ3n) is 3.21. The Kier molecular flexibility index (Phi) is 3.14. The van der Waals surface area contributed by atoms with E-state index in [2.05, 4.69) is 5.92 Å². The Balaban J connectivity index is 2.67. The molecule has 0 radical (unpaired) electrons. The van der Waals surface area contributed by atoms with E-state index in [-0.39, 0.29) is 5.92 Å². The highest BCUT2D eigenvalue weighted by atomic mass is 16.5. The van der Waals surface area contributed by atoms with Crippen LogP contribution in [0.15, 0.2) is 6.07 Å². The van der Waals surface area contributed by atoms with E-state index in [0.29, 0.717) is 17.2 Å². The van der Waals surface area contributed by atoms with Crippen molar-refractivity contribution in [2.75, 3.05) is 21.3 Å². The van der Waals surface area contributed by atoms with Gasteiger partial charge in [-0.05, 0) is 24.5 Å². The molecule has 0 fully saturated rings. The molecule has 1 aromatic rings. The number of rotatable bonds is 3. The molecule has 0 heterocycles. The van der Waals surface area contributed by atoms with Crippen LogP contribution in [-0.4, -0.2) is 21.3 Å². The average molecular weight is 232 g/mol. The summed E-state index contributed by atoms with van der Waals surface area (Å²) in [6.45, 7) is 0. The van der Waals surface area contributed by atoms with Gasteiger partial charge in [0.05, 0.1) is 21.3 Å². The number of hydrogen-bond donors (Lipinski definition) is 0. The molecule has 0 aliphatic heterocycles. The van der Waals surface area contributed by atoms with Crippen molar-refractivity contribution in [3.63, 3.8) is 0 Å². The summed E-state index contributed by atoms with van der Waals surface area (Å²) in [5.41, 5.74) is 2.27. The van der Waals surface area contributed by atoms with Gasteiger partial charge in [-0.25, -0.2) is 0 Å². The number of fused-ring (bicyclic) bond motifs is 1. The number of methoxy groups -OCH3 is 3. The van der Waals surface area contributed by atoms with Crippen LogP contribution in [0.2, 0.25) is 0 Å². The summed E-state index contributed by atoms with van der Waals surface area (Å²) in [4.78, 5) is 0. The molecule has 0 aromatic heterocycles. The van der Waals surface area contributed by atoms with Gasteiger partial charge in [-0.15, -0.1) is 6.42 Å². The van der Waals surface area contributed by atoms with Crippen LogP contribution in [0, 0.1) is 12.3 Å². The number of terminal acetylenes is 1. The molecule has 0 spiro atoms. The van der Waals surface area contributed by atoms with Crippen molar-refractivity contribution in [2.45, 2.75) is 18.8 Å². The second-order valence-electron chi connectivity index (χ2n) is 3.98. The van der Waals surface area contributed by atoms with Crippen LogP contribution in [0.3, 0.4) is 0 Å². The zero-order valence-electron chi connectivity index (χ0n) is 10.4. The molecule has 1 aliphatic carbocycles. The first kappa shape index (κ1) is 11.7. The van der Waals surface area contributed by atoms with E-state index >= 15 is 0 Å². The largest absolute Gasteiger partial charge is 0.493 e. The molecule has 2 rings (SSSR count). The standard InChI is InChI=1S/C14H16O3/c1-5-9-6-7-10-8-11(15-2)13(16-3)14(17-4)12(9)10/h1,8-9H,6-7H2,2-4H3. The predicted octanol–water partition coefficient (Wildman–Crippen LogP) is 2.38. The molecule has 3 nitrogen and oxygen atoms in total. The van der Waals surface area contributed by atoms with Crippen molar-refractivity contribution < 1.29 is 14.2 Å². The lowest BCUT2D eigenvalue weighted by Gasteiger charge is -2.17. The maximum atomic E-state index is 5.56. The molecule has 0 bridgehead atoms. The van der Waals surface area contributed by atoms with Crippen molar-refractivity contribution in [3.8, 4) is 29.6 Å². The molecule has 1 atom stereocenters. The monoisotopic (exact) mass is 232 g/mol. The maximum Gasteiger partial charge on any atom is 0.203 e. The lowest BCUT2D eigenvalue weighted by atomic mass is 10.00. The van der Waals surface area contributed by atoms with Crippen molar-refractivity contribution >= 4 is 0 Å². The Hall–Kier alpha value is -1.82. The van der Waals surface area contributed by atoms with Crippen LogP contribution in [0.4, 0.5) is 0 Å². The fourth-order valence-electron chi connectivity index (χ4n) is 2.43. The van der Waals surface area contributed by atoms with E-state index in [4.69, 9.17) is 20.6 Å². The van der Waals surface area contributed by atoms with Gasteiger partial charge < -0.3 is 14.2 Å². The quantitative estimate of drug-likeness (QED) is 0.749. The minimum Gasteiger partial charge on any atom is -0.493 e. The first-order chi connectivity index (χ1) is 8.26. The molecule has 1 aliphatic rings. The molecule has 0 saturated carbocycles. The molecule has 1 unspecified atom stereocenters. The molecule has 17 heavy (non-hydrogen) atoms. The first-order valence-electron chi connectivity index (χ1n) is 5.54. The normalized spacial score (nSPS) is 17.2. The van der Waals surface area contributed by atoms with Crippen LogP contribution in [-0.2, 0) is 6.42 Å². The Labute approximate surface area is 102 Å². The van der Waals surface area contributed by atoms with Crippen LogP contribution < -0.4 is 14.2 Å². The van der Waals surface area contributed by atoms with E-state index < -0.39 is 0 Å². The van der Waals surface area contributed by atoms with Crippen molar-refractivity contribution in [1.82, 2.24) is 0 Å². The van der Waals surface area contributed by atoms with E-state index in [1.807, 2.05) is 6.07 Å². The predicted molar refractivity (Wildman–Crippen MR) is 66.0 cm³/mol. The van der Waals surface area contributed by atoms with Crippen molar-refractivity contribution in [2.24, 2.45) is 0 Å². The summed E-state index contributed by atoms with van der Waals surface area (Å²) in [7, 11) is 4.85. The molecule has 90 valence electrons. The minimum atomic E-state index is 0.111. The number of ether oxygens (including phenoxy) is 3. The van der Waals surface area contributed by atoms with Gasteiger partial charge in [0.25, 0.3) is 0 Å². The summed E-state index contributed by atoms with van der Waals surface area (Å²) < 4.78 is 16.1. The van der Waals surface area contributed by atoms with Gasteiger partial charge in [0.2, 0.25) is 5.75 Å². The van der Waals surface area contributed by atoms with Gasteiger partial charge in [0.1, 0.15) is 0 Å². The van der Waals surface area contributed by atoms with Crippen molar-refractivity contribution in [3.05, 3.63) is 17.2 Å². The third-order valence-corrected chi connectivity index (χ3v) is 3.21. The third kappa shape index (κ3) is 1.70. The Morgan fingerprint density at radius 1 is 1.18 bits per heavy atom. The van der Waals surface area contributed by atoms with Crippen LogP contribution in [0.1, 0.15) is 23.5 Å². The summed E-state index contributed by atoms with van der Waals surface area (Å²) in [6, 6.07) is 1.99. The highest BCUT2D eigenvalue weighted by Crippen LogP contribution is 2.48. The lowest BCUT2D eigenvalue weighted by Crippen LogP contribution is -2.01. The fourth-order valence-corrected chi connectivity index (χ4v) is 2.43. The van der Waals surface area contributed by atoms with Gasteiger partial charge >= 0.3 is 0 Å². The summed E-state index contributed by atoms with van der Waals surface area (Å²) in [5, 5.41) is 0. The highest BCUT2D eigenvalue weighted by Gasteiger charge is 2.29. The average Bonchev–Trinajstić information content (AvgIpc) is 2.78. The first-order valence-corrected chi connectivity index (χ1v) is 5.54. The zero-order chi connectivity index (χ0) is 12.4. The molecule has 0 amide bonds. The topological polar surface area (TPSA) is 27.7 Å². The van der Waals surface area contributed by atoms with E-state index in [1.54, 1.807) is 21.3 Å².